The summed E-state index contributed by atoms with van der Waals surface area (Å²) in [4.78, 5) is 15.7. The van der Waals surface area contributed by atoms with E-state index < -0.39 is 0 Å². The van der Waals surface area contributed by atoms with Crippen LogP contribution in [0.25, 0.3) is 5.69 Å². The van der Waals surface area contributed by atoms with E-state index in [0.717, 1.165) is 87.2 Å². The third-order valence-electron chi connectivity index (χ3n) is 7.40. The minimum absolute atomic E-state index is 0.296. The van der Waals surface area contributed by atoms with E-state index >= 15 is 0 Å². The van der Waals surface area contributed by atoms with E-state index in [1.807, 2.05) is 12.3 Å². The van der Waals surface area contributed by atoms with Gasteiger partial charge in [-0.05, 0) is 30.2 Å². The molecule has 33 heavy (non-hydrogen) atoms. The highest BCUT2D eigenvalue weighted by Gasteiger charge is 2.53. The Kier molecular flexibility index (Phi) is 4.40. The predicted octanol–water partition coefficient (Wildman–Crippen LogP) is 2.14. The lowest BCUT2D eigenvalue weighted by atomic mass is 9.73. The van der Waals surface area contributed by atoms with Crippen molar-refractivity contribution in [3.8, 4) is 5.69 Å². The minimum Gasteiger partial charge on any atom is -0.380 e. The minimum atomic E-state index is 0.296. The lowest BCUT2D eigenvalue weighted by Gasteiger charge is -2.60. The molecule has 0 aliphatic carbocycles. The van der Waals surface area contributed by atoms with Gasteiger partial charge in [0.2, 0.25) is 5.95 Å². The van der Waals surface area contributed by atoms with Crippen molar-refractivity contribution in [2.75, 3.05) is 49.2 Å². The maximum Gasteiger partial charge on any atom is 0.231 e. The predicted molar refractivity (Wildman–Crippen MR) is 124 cm³/mol. The average Bonchev–Trinajstić information content (AvgIpc) is 3.41. The molecule has 0 saturated carbocycles. The molecule has 0 unspecified atom stereocenters. The third-order valence-corrected chi connectivity index (χ3v) is 7.63. The standard InChI is InChI=1S/C23H25ClN8O/c24-17-1-2-19-16(7-17)9-29(18-3-6-33-11-18)10-21-27-28-22(32(19)21)31-14-23(15-31)12-30(13-23)20-8-25-4-5-26-20/h1-2,4-5,7-8,18H,3,6,9-15H2/t18-/m1/s1. The Labute approximate surface area is 196 Å². The summed E-state index contributed by atoms with van der Waals surface area (Å²) >= 11 is 6.40. The zero-order valence-electron chi connectivity index (χ0n) is 18.3. The van der Waals surface area contributed by atoms with Crippen LogP contribution >= 0.6 is 11.6 Å². The Morgan fingerprint density at radius 1 is 1.03 bits per heavy atom. The molecule has 6 heterocycles. The quantitative estimate of drug-likeness (QED) is 0.583. The Morgan fingerprint density at radius 2 is 1.91 bits per heavy atom. The van der Waals surface area contributed by atoms with Gasteiger partial charge >= 0.3 is 0 Å². The third kappa shape index (κ3) is 3.21. The molecule has 4 aliphatic heterocycles. The summed E-state index contributed by atoms with van der Waals surface area (Å²) in [6.45, 7) is 7.15. The first-order valence-corrected chi connectivity index (χ1v) is 11.9. The van der Waals surface area contributed by atoms with Crippen LogP contribution in [0.5, 0.6) is 0 Å². The van der Waals surface area contributed by atoms with Crippen LogP contribution in [0.4, 0.5) is 11.8 Å². The Hall–Kier alpha value is -2.75. The topological polar surface area (TPSA) is 75.4 Å². The number of halogens is 1. The van der Waals surface area contributed by atoms with Crippen molar-refractivity contribution in [1.82, 2.24) is 29.6 Å². The first-order chi connectivity index (χ1) is 16.2. The first-order valence-electron chi connectivity index (χ1n) is 11.5. The number of hydrogen-bond acceptors (Lipinski definition) is 8. The van der Waals surface area contributed by atoms with Crippen LogP contribution in [-0.2, 0) is 17.8 Å². The largest absolute Gasteiger partial charge is 0.380 e. The van der Waals surface area contributed by atoms with Crippen molar-refractivity contribution in [2.45, 2.75) is 25.6 Å². The summed E-state index contributed by atoms with van der Waals surface area (Å²) in [6, 6.07) is 6.56. The van der Waals surface area contributed by atoms with Gasteiger partial charge in [0.15, 0.2) is 5.82 Å². The van der Waals surface area contributed by atoms with Gasteiger partial charge in [0.1, 0.15) is 5.82 Å². The molecule has 0 amide bonds. The summed E-state index contributed by atoms with van der Waals surface area (Å²) in [6.07, 6.45) is 6.36. The second kappa shape index (κ2) is 7.38. The van der Waals surface area contributed by atoms with Gasteiger partial charge in [0.05, 0.1) is 25.0 Å². The number of rotatable bonds is 3. The summed E-state index contributed by atoms with van der Waals surface area (Å²) in [5.41, 5.74) is 2.64. The fraction of sp³-hybridized carbons (Fsp3) is 0.478. The number of aromatic nitrogens is 5. The van der Waals surface area contributed by atoms with Crippen molar-refractivity contribution in [3.63, 3.8) is 0 Å². The second-order valence-corrected chi connectivity index (χ2v) is 10.2. The number of hydrogen-bond donors (Lipinski definition) is 0. The molecule has 0 N–H and O–H groups in total. The summed E-state index contributed by atoms with van der Waals surface area (Å²) < 4.78 is 7.92. The van der Waals surface area contributed by atoms with Gasteiger partial charge in [-0.3, -0.25) is 14.5 Å². The number of nitrogens with zero attached hydrogens (tertiary/aromatic N) is 8. The molecule has 3 saturated heterocycles. The number of ether oxygens (including phenoxy) is 1. The smallest absolute Gasteiger partial charge is 0.231 e. The zero-order chi connectivity index (χ0) is 22.0. The highest BCUT2D eigenvalue weighted by Crippen LogP contribution is 2.44. The Bertz CT molecular complexity index is 1180. The molecule has 1 spiro atoms. The van der Waals surface area contributed by atoms with E-state index in [0.29, 0.717) is 11.5 Å². The van der Waals surface area contributed by atoms with Crippen LogP contribution in [0, 0.1) is 5.41 Å². The normalized spacial score (nSPS) is 23.6. The second-order valence-electron chi connectivity index (χ2n) is 9.72. The van der Waals surface area contributed by atoms with Crippen LogP contribution in [0.3, 0.4) is 0 Å². The van der Waals surface area contributed by atoms with Gasteiger partial charge in [-0.1, -0.05) is 11.6 Å². The molecule has 0 radical (unpaired) electrons. The van der Waals surface area contributed by atoms with Crippen molar-refractivity contribution in [2.24, 2.45) is 5.41 Å². The summed E-state index contributed by atoms with van der Waals surface area (Å²) in [5.74, 6) is 2.87. The SMILES string of the molecule is Clc1ccc2c(c1)CN([C@@H]1CCOC1)Cc1nnc(N3CC4(CN(c5cnccn5)C4)C3)n1-2. The van der Waals surface area contributed by atoms with Crippen LogP contribution in [-0.4, -0.2) is 75.1 Å². The molecular weight excluding hydrogens is 440 g/mol. The molecule has 3 fully saturated rings. The molecule has 1 aromatic carbocycles. The first kappa shape index (κ1) is 19.7. The van der Waals surface area contributed by atoms with Gasteiger partial charge in [0.25, 0.3) is 0 Å². The molecular formula is C23H25ClN8O. The van der Waals surface area contributed by atoms with Gasteiger partial charge in [0, 0.05) is 68.2 Å². The van der Waals surface area contributed by atoms with E-state index in [1.54, 1.807) is 12.4 Å². The van der Waals surface area contributed by atoms with Crippen molar-refractivity contribution in [1.29, 1.82) is 0 Å². The maximum atomic E-state index is 6.40. The molecule has 2 aromatic heterocycles. The van der Waals surface area contributed by atoms with E-state index in [1.165, 1.54) is 5.56 Å². The van der Waals surface area contributed by atoms with Gasteiger partial charge in [-0.25, -0.2) is 4.98 Å². The molecule has 10 heteroatoms. The fourth-order valence-corrected chi connectivity index (χ4v) is 5.96. The van der Waals surface area contributed by atoms with Gasteiger partial charge in [-0.2, -0.15) is 0 Å². The Balaban J connectivity index is 1.16. The number of fused-ring (bicyclic) bond motifs is 3. The lowest BCUT2D eigenvalue weighted by molar-refractivity contribution is 0.133. The van der Waals surface area contributed by atoms with Crippen LogP contribution in [0.15, 0.2) is 36.8 Å². The molecule has 9 nitrogen and oxygen atoms in total. The fourth-order valence-electron chi connectivity index (χ4n) is 5.77. The molecule has 3 aromatic rings. The highest BCUT2D eigenvalue weighted by atomic mass is 35.5. The van der Waals surface area contributed by atoms with Gasteiger partial charge < -0.3 is 14.5 Å². The zero-order valence-corrected chi connectivity index (χ0v) is 19.0. The maximum absolute atomic E-state index is 6.40. The molecule has 4 aliphatic rings. The lowest BCUT2D eigenvalue weighted by Crippen LogP contribution is -2.73. The molecule has 7 rings (SSSR count). The average molecular weight is 465 g/mol. The van der Waals surface area contributed by atoms with Crippen molar-refractivity contribution < 1.29 is 4.74 Å². The van der Waals surface area contributed by atoms with E-state index in [4.69, 9.17) is 16.3 Å². The van der Waals surface area contributed by atoms with E-state index in [2.05, 4.69) is 51.6 Å². The van der Waals surface area contributed by atoms with Crippen molar-refractivity contribution in [3.05, 3.63) is 53.2 Å². The van der Waals surface area contributed by atoms with Crippen LogP contribution in [0.2, 0.25) is 5.02 Å². The van der Waals surface area contributed by atoms with Crippen LogP contribution < -0.4 is 9.80 Å². The highest BCUT2D eigenvalue weighted by molar-refractivity contribution is 6.30. The summed E-state index contributed by atoms with van der Waals surface area (Å²) in [7, 11) is 0. The van der Waals surface area contributed by atoms with Crippen LogP contribution in [0.1, 0.15) is 17.8 Å². The number of benzene rings is 1. The molecule has 0 bridgehead atoms. The van der Waals surface area contributed by atoms with E-state index in [9.17, 15) is 0 Å². The van der Waals surface area contributed by atoms with Crippen molar-refractivity contribution >= 4 is 23.4 Å². The monoisotopic (exact) mass is 464 g/mol. The van der Waals surface area contributed by atoms with Gasteiger partial charge in [-0.15, -0.1) is 10.2 Å². The molecule has 1 atom stereocenters. The van der Waals surface area contributed by atoms with E-state index in [-0.39, 0.29) is 0 Å². The Morgan fingerprint density at radius 3 is 2.70 bits per heavy atom. The molecule has 170 valence electrons. The number of anilines is 2. The summed E-state index contributed by atoms with van der Waals surface area (Å²) in [5, 5.41) is 10.1.